The zero-order valence-electron chi connectivity index (χ0n) is 14.8. The zero-order valence-corrected chi connectivity index (χ0v) is 18.6. The summed E-state index contributed by atoms with van der Waals surface area (Å²) in [6, 6.07) is 7.63. The van der Waals surface area contributed by atoms with Crippen molar-refractivity contribution in [1.82, 2.24) is 4.98 Å². The van der Waals surface area contributed by atoms with Crippen molar-refractivity contribution < 1.29 is 13.7 Å². The molecule has 2 rings (SSSR count). The van der Waals surface area contributed by atoms with Gasteiger partial charge in [-0.2, -0.15) is 0 Å². The van der Waals surface area contributed by atoms with E-state index >= 15 is 0 Å². The van der Waals surface area contributed by atoms with Crippen molar-refractivity contribution in [1.29, 1.82) is 0 Å². The first-order valence-corrected chi connectivity index (χ1v) is 10.3. The van der Waals surface area contributed by atoms with Crippen LogP contribution in [0.1, 0.15) is 27.7 Å². The van der Waals surface area contributed by atoms with Gasteiger partial charge >= 0.3 is 0 Å². The van der Waals surface area contributed by atoms with E-state index in [4.69, 9.17) is 16.3 Å². The molecule has 140 valence electrons. The minimum Gasteiger partial charge on any atom is -0.591 e. The van der Waals surface area contributed by atoms with Gasteiger partial charge in [0.05, 0.1) is 3.57 Å². The van der Waals surface area contributed by atoms with Crippen LogP contribution in [-0.2, 0) is 11.4 Å². The van der Waals surface area contributed by atoms with Crippen molar-refractivity contribution in [3.05, 3.63) is 44.9 Å². The number of aromatic nitrogens is 1. The van der Waals surface area contributed by atoms with E-state index < -0.39 is 16.1 Å². The first-order chi connectivity index (χ1) is 12.1. The molecule has 1 heterocycles. The molecule has 0 fully saturated rings. The van der Waals surface area contributed by atoms with Gasteiger partial charge in [0.1, 0.15) is 45.1 Å². The van der Waals surface area contributed by atoms with Crippen LogP contribution in [0.4, 0.5) is 4.39 Å². The third-order valence-electron chi connectivity index (χ3n) is 3.20. The van der Waals surface area contributed by atoms with Gasteiger partial charge in [-0.15, -0.1) is 0 Å². The standard InChI is InChI=1S/C18H19ClFIN2O2S/c1-11(23-26(24)18(2,3)4)10-25-17-14(21)9-15(19)22-16(17)12-5-7-13(20)8-6-12/h5-9H,10H2,1-4H3/b23-11+/t26-/m0/s1. The molecule has 1 atom stereocenters. The topological polar surface area (TPSA) is 57.5 Å². The fourth-order valence-corrected chi connectivity index (χ4v) is 3.59. The quantitative estimate of drug-likeness (QED) is 0.234. The summed E-state index contributed by atoms with van der Waals surface area (Å²) >= 11 is 6.83. The molecule has 4 nitrogen and oxygen atoms in total. The number of pyridine rings is 1. The van der Waals surface area contributed by atoms with E-state index in [1.54, 1.807) is 25.1 Å². The van der Waals surface area contributed by atoms with Gasteiger partial charge in [0.25, 0.3) is 0 Å². The van der Waals surface area contributed by atoms with Crippen LogP contribution in [0.25, 0.3) is 11.3 Å². The monoisotopic (exact) mass is 508 g/mol. The fourth-order valence-electron chi connectivity index (χ4n) is 1.90. The number of hydrogen-bond acceptors (Lipinski definition) is 4. The molecule has 8 heteroatoms. The molecule has 0 N–H and O–H groups in total. The molecule has 0 aliphatic carbocycles. The highest BCUT2D eigenvalue weighted by molar-refractivity contribution is 14.1. The Bertz CT molecular complexity index is 810. The normalized spacial score (nSPS) is 13.6. The maximum absolute atomic E-state index is 13.2. The van der Waals surface area contributed by atoms with Gasteiger partial charge in [0, 0.05) is 5.56 Å². The van der Waals surface area contributed by atoms with E-state index in [9.17, 15) is 8.94 Å². The Morgan fingerprint density at radius 1 is 1.35 bits per heavy atom. The van der Waals surface area contributed by atoms with Crippen molar-refractivity contribution in [2.75, 3.05) is 6.61 Å². The largest absolute Gasteiger partial charge is 0.591 e. The maximum atomic E-state index is 13.2. The van der Waals surface area contributed by atoms with Crippen molar-refractivity contribution in [3.63, 3.8) is 0 Å². The van der Waals surface area contributed by atoms with Gasteiger partial charge < -0.3 is 9.29 Å². The van der Waals surface area contributed by atoms with E-state index in [1.807, 2.05) is 20.8 Å². The van der Waals surface area contributed by atoms with Gasteiger partial charge in [-0.1, -0.05) is 16.0 Å². The summed E-state index contributed by atoms with van der Waals surface area (Å²) in [4.78, 5) is 4.33. The van der Waals surface area contributed by atoms with E-state index in [2.05, 4.69) is 32.0 Å². The fraction of sp³-hybridized carbons (Fsp3) is 0.333. The van der Waals surface area contributed by atoms with Crippen molar-refractivity contribution >= 4 is 51.3 Å². The molecule has 2 aromatic rings. The third kappa shape index (κ3) is 5.80. The van der Waals surface area contributed by atoms with Gasteiger partial charge in [-0.3, -0.25) is 0 Å². The predicted molar refractivity (Wildman–Crippen MR) is 114 cm³/mol. The SMILES string of the molecule is C/C(COc1c(I)cc(Cl)nc1-c1ccc(F)cc1)=N\[S@@+]([O-])C(C)(C)C. The summed E-state index contributed by atoms with van der Waals surface area (Å²) in [5, 5.41) is 0.320. The molecule has 0 unspecified atom stereocenters. The molecule has 0 amide bonds. The molecule has 0 saturated heterocycles. The molecule has 0 aliphatic rings. The average Bonchev–Trinajstić information content (AvgIpc) is 2.53. The lowest BCUT2D eigenvalue weighted by molar-refractivity contribution is 0.373. The van der Waals surface area contributed by atoms with Crippen LogP contribution in [-0.4, -0.2) is 26.6 Å². The second-order valence-corrected chi connectivity index (χ2v) is 10.0. The number of nitrogens with zero attached hydrogens (tertiary/aromatic N) is 2. The number of benzene rings is 1. The van der Waals surface area contributed by atoms with Gasteiger partial charge in [0.2, 0.25) is 0 Å². The molecular weight excluding hydrogens is 490 g/mol. The second kappa shape index (κ2) is 8.86. The molecule has 0 bridgehead atoms. The van der Waals surface area contributed by atoms with E-state index in [1.165, 1.54) is 12.1 Å². The third-order valence-corrected chi connectivity index (χ3v) is 5.72. The Balaban J connectivity index is 2.29. The number of hydrogen-bond donors (Lipinski definition) is 0. The van der Waals surface area contributed by atoms with Crippen LogP contribution in [0, 0.1) is 9.39 Å². The van der Waals surface area contributed by atoms with Crippen molar-refractivity contribution in [2.45, 2.75) is 32.4 Å². The molecule has 0 saturated carbocycles. The van der Waals surface area contributed by atoms with Crippen LogP contribution in [0.2, 0.25) is 5.15 Å². The second-order valence-electron chi connectivity index (χ2n) is 6.59. The highest BCUT2D eigenvalue weighted by atomic mass is 127. The summed E-state index contributed by atoms with van der Waals surface area (Å²) < 4.78 is 35.8. The van der Waals surface area contributed by atoms with Crippen LogP contribution in [0.15, 0.2) is 34.7 Å². The Kier molecular flexibility index (Phi) is 7.29. The van der Waals surface area contributed by atoms with Crippen molar-refractivity contribution in [2.24, 2.45) is 4.40 Å². The molecule has 0 radical (unpaired) electrons. The van der Waals surface area contributed by atoms with Crippen LogP contribution in [0.3, 0.4) is 0 Å². The van der Waals surface area contributed by atoms with E-state index in [0.717, 1.165) is 3.57 Å². The minimum atomic E-state index is -1.35. The van der Waals surface area contributed by atoms with Gasteiger partial charge in [-0.25, -0.2) is 9.37 Å². The van der Waals surface area contributed by atoms with E-state index in [0.29, 0.717) is 27.9 Å². The summed E-state index contributed by atoms with van der Waals surface area (Å²) in [5.74, 6) is 0.193. The Hall–Kier alpha value is -0.900. The highest BCUT2D eigenvalue weighted by Crippen LogP contribution is 2.34. The lowest BCUT2D eigenvalue weighted by Crippen LogP contribution is -2.27. The molecule has 0 spiro atoms. The van der Waals surface area contributed by atoms with Crippen molar-refractivity contribution in [3.8, 4) is 17.0 Å². The predicted octanol–water partition coefficient (Wildman–Crippen LogP) is 5.45. The van der Waals surface area contributed by atoms with Gasteiger partial charge in [0.15, 0.2) is 5.75 Å². The van der Waals surface area contributed by atoms with E-state index in [-0.39, 0.29) is 12.4 Å². The van der Waals surface area contributed by atoms with Crippen LogP contribution < -0.4 is 4.74 Å². The number of halogens is 3. The molecule has 26 heavy (non-hydrogen) atoms. The lowest BCUT2D eigenvalue weighted by Gasteiger charge is -2.19. The lowest BCUT2D eigenvalue weighted by atomic mass is 10.1. The van der Waals surface area contributed by atoms with Crippen LogP contribution in [0.5, 0.6) is 5.75 Å². The first-order valence-electron chi connectivity index (χ1n) is 7.79. The Labute approximate surface area is 174 Å². The summed E-state index contributed by atoms with van der Waals surface area (Å²) in [6.07, 6.45) is 0. The number of ether oxygens (including phenoxy) is 1. The first kappa shape index (κ1) is 21.4. The highest BCUT2D eigenvalue weighted by Gasteiger charge is 2.26. The Morgan fingerprint density at radius 2 is 1.96 bits per heavy atom. The average molecular weight is 509 g/mol. The number of rotatable bonds is 5. The molecule has 1 aromatic heterocycles. The van der Waals surface area contributed by atoms with Gasteiger partial charge in [-0.05, 0) is 80.6 Å². The Morgan fingerprint density at radius 3 is 2.54 bits per heavy atom. The smallest absolute Gasteiger partial charge is 0.159 e. The summed E-state index contributed by atoms with van der Waals surface area (Å²) in [7, 11) is 0. The maximum Gasteiger partial charge on any atom is 0.159 e. The zero-order chi connectivity index (χ0) is 19.5. The summed E-state index contributed by atoms with van der Waals surface area (Å²) in [6.45, 7) is 7.51. The summed E-state index contributed by atoms with van der Waals surface area (Å²) in [5.41, 5.74) is 1.82. The molecule has 0 aliphatic heterocycles. The molecule has 1 aromatic carbocycles. The van der Waals surface area contributed by atoms with Crippen LogP contribution >= 0.6 is 34.2 Å². The molecular formula is C18H19ClFIN2O2S. The minimum absolute atomic E-state index is 0.162.